The van der Waals surface area contributed by atoms with Gasteiger partial charge in [-0.05, 0) is 19.3 Å². The average molecular weight is 364 g/mol. The number of nitrogens with zero attached hydrogens (tertiary/aromatic N) is 2. The topological polar surface area (TPSA) is 113 Å². The van der Waals surface area contributed by atoms with Crippen LogP contribution in [-0.4, -0.2) is 17.0 Å². The second-order valence-corrected chi connectivity index (χ2v) is 6.02. The van der Waals surface area contributed by atoms with Gasteiger partial charge in [0.2, 0.25) is 0 Å². The fraction of sp³-hybridized carbons (Fsp3) is 0.500. The van der Waals surface area contributed by atoms with Crippen LogP contribution in [0.2, 0.25) is 0 Å². The maximum absolute atomic E-state index is 11.8. The van der Waals surface area contributed by atoms with E-state index in [2.05, 4.69) is 6.92 Å². The van der Waals surface area contributed by atoms with E-state index in [9.17, 15) is 24.8 Å². The number of unbranched alkanes of at least 4 members (excludes halogenated alkanes) is 3. The molecule has 142 valence electrons. The zero-order valence-electron chi connectivity index (χ0n) is 15.3. The van der Waals surface area contributed by atoms with Crippen LogP contribution in [-0.2, 0) is 4.79 Å². The molecule has 1 rings (SSSR count). The van der Waals surface area contributed by atoms with Gasteiger partial charge in [0, 0.05) is 12.1 Å². The van der Waals surface area contributed by atoms with Crippen molar-refractivity contribution >= 4 is 17.7 Å². The second kappa shape index (κ2) is 10.3. The monoisotopic (exact) mass is 364 g/mol. The van der Waals surface area contributed by atoms with E-state index in [1.807, 2.05) is 6.92 Å². The summed E-state index contributed by atoms with van der Waals surface area (Å²) in [6.07, 6.45) is 6.36. The molecule has 1 heterocycles. The highest BCUT2D eigenvalue weighted by molar-refractivity contribution is 5.83. The Morgan fingerprint density at radius 1 is 1.35 bits per heavy atom. The number of hydrogen-bond donors (Lipinski definition) is 0. The van der Waals surface area contributed by atoms with Gasteiger partial charge >= 0.3 is 23.6 Å². The predicted octanol–water partition coefficient (Wildman–Crippen LogP) is 2.63. The number of esters is 1. The van der Waals surface area contributed by atoms with Crippen LogP contribution in [0.3, 0.4) is 0 Å². The van der Waals surface area contributed by atoms with Gasteiger partial charge in [-0.1, -0.05) is 45.6 Å². The average Bonchev–Trinajstić information content (AvgIpc) is 2.58. The number of hydrogen-bond acceptors (Lipinski definition) is 6. The minimum absolute atomic E-state index is 0.231. The Hall–Kier alpha value is -2.77. The molecule has 8 nitrogen and oxygen atoms in total. The molecule has 0 amide bonds. The summed E-state index contributed by atoms with van der Waals surface area (Å²) in [6, 6.07) is 1.25. The van der Waals surface area contributed by atoms with Crippen LogP contribution >= 0.6 is 0 Å². The van der Waals surface area contributed by atoms with Crippen LogP contribution in [0.15, 0.2) is 24.4 Å². The van der Waals surface area contributed by atoms with E-state index in [1.54, 1.807) is 6.92 Å². The third-order valence-corrected chi connectivity index (χ3v) is 3.96. The first-order chi connectivity index (χ1) is 12.3. The van der Waals surface area contributed by atoms with Crippen LogP contribution in [0.25, 0.3) is 0 Å². The highest BCUT2D eigenvalue weighted by Gasteiger charge is 2.30. The Morgan fingerprint density at radius 3 is 2.58 bits per heavy atom. The molecule has 0 aromatic carbocycles. The molecule has 1 aromatic heterocycles. The van der Waals surface area contributed by atoms with Gasteiger partial charge in [-0.3, -0.25) is 10.1 Å². The van der Waals surface area contributed by atoms with E-state index in [1.165, 1.54) is 12.1 Å². The lowest BCUT2D eigenvalue weighted by Gasteiger charge is -2.14. The van der Waals surface area contributed by atoms with Crippen molar-refractivity contribution in [1.29, 1.82) is 0 Å². The smallest absolute Gasteiger partial charge is 0.386 e. The van der Waals surface area contributed by atoms with Crippen LogP contribution in [0.5, 0.6) is 5.88 Å². The molecule has 0 radical (unpaired) electrons. The molecule has 0 fully saturated rings. The van der Waals surface area contributed by atoms with Gasteiger partial charge in [-0.15, -0.1) is 4.57 Å². The molecule has 0 aliphatic rings. The Labute approximate surface area is 152 Å². The number of nitro groups is 1. The van der Waals surface area contributed by atoms with Crippen molar-refractivity contribution in [2.45, 2.75) is 58.8 Å². The number of allylic oxidation sites excluding steroid dienone is 1. The van der Waals surface area contributed by atoms with Crippen LogP contribution < -0.4 is 14.4 Å². The second-order valence-electron chi connectivity index (χ2n) is 6.02. The van der Waals surface area contributed by atoms with Crippen molar-refractivity contribution in [1.82, 2.24) is 0 Å². The standard InChI is InChI=1S/C18H24N2O6/c1-4-6-7-8-10-13(3)15-11-14(20(24)25)12-19(18(22)23)17(15)26-16(21)9-5-2/h5,9,11-13H,4,6-8,10H2,1-3H3/b9-5+. The number of ether oxygens (including phenoxy) is 1. The largest absolute Gasteiger partial charge is 0.490 e. The summed E-state index contributed by atoms with van der Waals surface area (Å²) in [5.41, 5.74) is -0.117. The highest BCUT2D eigenvalue weighted by atomic mass is 16.6. The summed E-state index contributed by atoms with van der Waals surface area (Å²) >= 11 is 0. The summed E-state index contributed by atoms with van der Waals surface area (Å²) in [6.45, 7) is 5.52. The number of carbonyl (C=O) groups excluding carboxylic acids is 2. The fourth-order valence-electron chi connectivity index (χ4n) is 2.58. The highest BCUT2D eigenvalue weighted by Crippen LogP contribution is 2.31. The maximum Gasteiger partial charge on any atom is 0.386 e. The van der Waals surface area contributed by atoms with E-state index >= 15 is 0 Å². The molecule has 0 saturated heterocycles. The number of pyridine rings is 1. The normalized spacial score (nSPS) is 12.1. The van der Waals surface area contributed by atoms with Crippen molar-refractivity contribution < 1.29 is 28.9 Å². The zero-order valence-corrected chi connectivity index (χ0v) is 15.3. The third kappa shape index (κ3) is 5.94. The first-order valence-corrected chi connectivity index (χ1v) is 8.61. The summed E-state index contributed by atoms with van der Waals surface area (Å²) < 4.78 is 5.64. The molecule has 0 saturated carbocycles. The molecule has 1 atom stereocenters. The minimum Gasteiger partial charge on any atom is -0.490 e. The molecular weight excluding hydrogens is 340 g/mol. The van der Waals surface area contributed by atoms with Crippen molar-refractivity contribution in [3.63, 3.8) is 0 Å². The molecule has 0 aliphatic heterocycles. The van der Waals surface area contributed by atoms with Crippen molar-refractivity contribution in [3.05, 3.63) is 40.1 Å². The predicted molar refractivity (Wildman–Crippen MR) is 91.7 cm³/mol. The molecule has 1 aromatic rings. The fourth-order valence-corrected chi connectivity index (χ4v) is 2.58. The lowest BCUT2D eigenvalue weighted by molar-refractivity contribution is -0.638. The van der Waals surface area contributed by atoms with Gasteiger partial charge in [0.05, 0.1) is 10.5 Å². The quantitative estimate of drug-likeness (QED) is 0.166. The summed E-state index contributed by atoms with van der Waals surface area (Å²) in [4.78, 5) is 33.7. The molecule has 0 N–H and O–H groups in total. The van der Waals surface area contributed by atoms with Gasteiger partial charge in [-0.2, -0.15) is 0 Å². The molecule has 1 unspecified atom stereocenters. The van der Waals surface area contributed by atoms with Crippen molar-refractivity contribution in [3.8, 4) is 5.88 Å². The Morgan fingerprint density at radius 2 is 2.04 bits per heavy atom. The number of rotatable bonds is 9. The third-order valence-electron chi connectivity index (χ3n) is 3.96. The molecule has 0 aliphatic carbocycles. The molecule has 26 heavy (non-hydrogen) atoms. The van der Waals surface area contributed by atoms with E-state index in [4.69, 9.17) is 4.74 Å². The number of carboxylic acid groups (broad SMARTS) is 1. The summed E-state index contributed by atoms with van der Waals surface area (Å²) in [7, 11) is 0. The first kappa shape index (κ1) is 21.3. The lowest BCUT2D eigenvalue weighted by atomic mass is 9.95. The van der Waals surface area contributed by atoms with Crippen molar-refractivity contribution in [2.75, 3.05) is 0 Å². The van der Waals surface area contributed by atoms with Gasteiger partial charge in [0.25, 0.3) is 6.20 Å². The lowest BCUT2D eigenvalue weighted by Crippen LogP contribution is -2.53. The summed E-state index contributed by atoms with van der Waals surface area (Å²) in [5, 5.41) is 22.6. The Bertz CT molecular complexity index is 699. The molecular formula is C18H24N2O6. The number of carbonyl (C=O) groups is 2. The Balaban J connectivity index is 3.33. The number of aromatic nitrogens is 1. The minimum atomic E-state index is -1.71. The zero-order chi connectivity index (χ0) is 19.7. The maximum atomic E-state index is 11.8. The van der Waals surface area contributed by atoms with E-state index in [-0.39, 0.29) is 17.4 Å². The Kier molecular flexibility index (Phi) is 8.41. The van der Waals surface area contributed by atoms with Gasteiger partial charge in [0.1, 0.15) is 0 Å². The summed E-state index contributed by atoms with van der Waals surface area (Å²) in [5.74, 6) is -1.26. The van der Waals surface area contributed by atoms with Gasteiger partial charge in [-0.25, -0.2) is 4.79 Å². The van der Waals surface area contributed by atoms with Crippen LogP contribution in [0, 0.1) is 10.1 Å². The van der Waals surface area contributed by atoms with Crippen LogP contribution in [0.1, 0.15) is 64.4 Å². The molecule has 0 bridgehead atoms. The molecule has 0 spiro atoms. The first-order valence-electron chi connectivity index (χ1n) is 8.61. The van der Waals surface area contributed by atoms with Crippen LogP contribution in [0.4, 0.5) is 10.5 Å². The van der Waals surface area contributed by atoms with Crippen molar-refractivity contribution in [2.24, 2.45) is 0 Å². The SMILES string of the molecule is C/C=C/C(=O)Oc1c(C(C)CCCCCC)cc([N+](=O)[O-])c[n+]1C(=O)[O-]. The van der Waals surface area contributed by atoms with Gasteiger partial charge in [0.15, 0.2) is 0 Å². The van der Waals surface area contributed by atoms with Gasteiger partial charge < -0.3 is 14.6 Å². The van der Waals surface area contributed by atoms with E-state index in [0.717, 1.165) is 38.0 Å². The molecule has 8 heteroatoms. The van der Waals surface area contributed by atoms with E-state index < -0.39 is 22.7 Å². The van der Waals surface area contributed by atoms with E-state index in [0.29, 0.717) is 11.0 Å².